The third-order valence-electron chi connectivity index (χ3n) is 12.2. The van der Waals surface area contributed by atoms with Crippen molar-refractivity contribution in [1.82, 2.24) is 20.6 Å². The van der Waals surface area contributed by atoms with Crippen molar-refractivity contribution < 1.29 is 32.0 Å². The molecule has 370 valence electrons. The predicted molar refractivity (Wildman–Crippen MR) is 277 cm³/mol. The largest absolute Gasteiger partial charge is 0.469 e. The highest BCUT2D eigenvalue weighted by Gasteiger charge is 2.16. The minimum Gasteiger partial charge on any atom is -0.469 e. The van der Waals surface area contributed by atoms with Gasteiger partial charge < -0.3 is 22.8 Å². The highest BCUT2D eigenvalue weighted by molar-refractivity contribution is 5.69. The van der Waals surface area contributed by atoms with Crippen LogP contribution in [0.5, 0.6) is 0 Å². The molecule has 0 aliphatic rings. The summed E-state index contributed by atoms with van der Waals surface area (Å²) in [5.74, 6) is 3.40. The second-order valence-corrected chi connectivity index (χ2v) is 17.7. The van der Waals surface area contributed by atoms with Crippen LogP contribution >= 0.6 is 0 Å². The number of hydrogen-bond acceptors (Lipinski definition) is 10. The molecule has 0 aliphatic carbocycles. The van der Waals surface area contributed by atoms with Crippen molar-refractivity contribution in [2.45, 2.75) is 139 Å². The van der Waals surface area contributed by atoms with Crippen LogP contribution in [0.3, 0.4) is 0 Å². The van der Waals surface area contributed by atoms with Crippen LogP contribution in [0.2, 0.25) is 0 Å². The Morgan fingerprint density at radius 1 is 0.443 bits per heavy atom. The van der Waals surface area contributed by atoms with Gasteiger partial charge in [0.25, 0.3) is 0 Å². The van der Waals surface area contributed by atoms with Crippen molar-refractivity contribution in [3.63, 3.8) is 0 Å². The first-order chi connectivity index (χ1) is 33.9. The molecule has 0 radical (unpaired) electrons. The molecule has 0 saturated carbocycles. The van der Waals surface area contributed by atoms with Gasteiger partial charge in [0.05, 0.1) is 7.11 Å². The number of aryl methyl sites for hydroxylation is 6. The fraction of sp³-hybridized carbons (Fsp3) is 0.373. The third-order valence-corrected chi connectivity index (χ3v) is 12.2. The number of hydrogen-bond donors (Lipinski definition) is 0. The van der Waals surface area contributed by atoms with E-state index in [4.69, 9.17) is 18.1 Å². The van der Waals surface area contributed by atoms with Crippen molar-refractivity contribution >= 4 is 5.97 Å². The number of carbonyl (C=O) groups is 1. The lowest BCUT2D eigenvalue weighted by Gasteiger charge is -1.99. The molecule has 4 aromatic heterocycles. The molecule has 0 spiro atoms. The molecule has 4 heterocycles. The van der Waals surface area contributed by atoms with Gasteiger partial charge in [-0.1, -0.05) is 151 Å². The van der Waals surface area contributed by atoms with Crippen LogP contribution in [-0.4, -0.2) is 33.7 Å². The molecule has 8 aromatic rings. The summed E-state index contributed by atoms with van der Waals surface area (Å²) in [4.78, 5) is 11.0. The van der Waals surface area contributed by atoms with Crippen LogP contribution in [-0.2, 0) is 35.2 Å². The van der Waals surface area contributed by atoms with Gasteiger partial charge >= 0.3 is 5.97 Å². The fourth-order valence-corrected chi connectivity index (χ4v) is 7.62. The molecule has 0 aliphatic heterocycles. The number of aromatic nitrogens is 4. The zero-order valence-corrected chi connectivity index (χ0v) is 42.9. The number of unbranched alkanes of at least 4 members (excludes halogenated alkanes) is 3. The van der Waals surface area contributed by atoms with E-state index in [1.807, 2.05) is 44.2 Å². The molecule has 4 aromatic carbocycles. The van der Waals surface area contributed by atoms with Crippen molar-refractivity contribution in [3.05, 3.63) is 165 Å². The molecule has 0 N–H and O–H groups in total. The van der Waals surface area contributed by atoms with Gasteiger partial charge in [-0.05, 0) is 91.5 Å². The van der Waals surface area contributed by atoms with Gasteiger partial charge in [0.15, 0.2) is 0 Å². The predicted octanol–water partition coefficient (Wildman–Crippen LogP) is 15.9. The Labute approximate surface area is 414 Å². The summed E-state index contributed by atoms with van der Waals surface area (Å²) >= 11 is 0. The normalized spacial score (nSPS) is 10.7. The number of methoxy groups -OCH3 is 1. The first-order valence-corrected chi connectivity index (χ1v) is 24.7. The molecule has 11 heteroatoms. The number of carbonyl (C=O) groups excluding carboxylic acids is 1. The van der Waals surface area contributed by atoms with E-state index in [1.165, 1.54) is 54.3 Å². The van der Waals surface area contributed by atoms with Gasteiger partial charge in [-0.15, -0.1) is 0 Å². The Kier molecular flexibility index (Phi) is 21.6. The minimum atomic E-state index is -0.235. The fourth-order valence-electron chi connectivity index (χ4n) is 7.62. The van der Waals surface area contributed by atoms with Gasteiger partial charge in [-0.2, -0.15) is 0 Å². The Morgan fingerprint density at radius 2 is 0.743 bits per heavy atom. The smallest absolute Gasteiger partial charge is 0.305 e. The summed E-state index contributed by atoms with van der Waals surface area (Å²) in [6.45, 7) is 18.9. The van der Waals surface area contributed by atoms with Gasteiger partial charge in [0, 0.05) is 76.6 Å². The summed E-state index contributed by atoms with van der Waals surface area (Å²) in [6, 6.07) is 33.1. The SMILES string of the molecule is CCCCc1onc(-c2ccc(C)cc2)c1C.CCCCc1onc(-c2ccc(C)cc2)c1C.CCCCc1onc(-c2ccc(F)cc2)c1C.COC(=O)CCCc1onc(-c2ccccc2)c1C. The first-order valence-electron chi connectivity index (χ1n) is 24.7. The maximum atomic E-state index is 12.8. The molecule has 8 rings (SSSR count). The molecular weight excluding hydrogens is 880 g/mol. The van der Waals surface area contributed by atoms with Gasteiger partial charge in [-0.3, -0.25) is 4.79 Å². The molecule has 0 atom stereocenters. The van der Waals surface area contributed by atoms with Crippen molar-refractivity contribution in [2.75, 3.05) is 7.11 Å². The van der Waals surface area contributed by atoms with Crippen molar-refractivity contribution in [1.29, 1.82) is 0 Å². The number of ether oxygens (including phenoxy) is 1. The number of benzene rings is 4. The molecule has 10 nitrogen and oxygen atoms in total. The molecule has 0 fully saturated rings. The Bertz CT molecular complexity index is 2540. The monoisotopic (exact) mass is 951 g/mol. The second kappa shape index (κ2) is 27.9. The van der Waals surface area contributed by atoms with Gasteiger partial charge in [0.1, 0.15) is 51.6 Å². The lowest BCUT2D eigenvalue weighted by atomic mass is 10.0. The van der Waals surface area contributed by atoms with Crippen LogP contribution < -0.4 is 0 Å². The van der Waals surface area contributed by atoms with Crippen LogP contribution in [0.1, 0.15) is 129 Å². The molecule has 70 heavy (non-hydrogen) atoms. The van der Waals surface area contributed by atoms with E-state index < -0.39 is 0 Å². The lowest BCUT2D eigenvalue weighted by Crippen LogP contribution is -2.00. The minimum absolute atomic E-state index is 0.194. The summed E-state index contributed by atoms with van der Waals surface area (Å²) in [6.07, 6.45) is 11.6. The highest BCUT2D eigenvalue weighted by atomic mass is 19.1. The Balaban J connectivity index is 0.000000174. The third kappa shape index (κ3) is 15.6. The zero-order valence-electron chi connectivity index (χ0n) is 42.9. The van der Waals surface area contributed by atoms with E-state index in [-0.39, 0.29) is 11.8 Å². The number of halogens is 1. The van der Waals surface area contributed by atoms with E-state index in [9.17, 15) is 9.18 Å². The summed E-state index contributed by atoms with van der Waals surface area (Å²) in [7, 11) is 1.40. The van der Waals surface area contributed by atoms with E-state index in [0.29, 0.717) is 19.3 Å². The quantitative estimate of drug-likeness (QED) is 0.0813. The lowest BCUT2D eigenvalue weighted by molar-refractivity contribution is -0.140. The molecule has 0 saturated heterocycles. The van der Waals surface area contributed by atoms with Crippen LogP contribution in [0.4, 0.5) is 4.39 Å². The van der Waals surface area contributed by atoms with E-state index in [0.717, 1.165) is 124 Å². The van der Waals surface area contributed by atoms with Gasteiger partial charge in [-0.25, -0.2) is 4.39 Å². The Hall–Kier alpha value is -6.88. The molecular formula is C59H71FN4O6. The van der Waals surface area contributed by atoms with Crippen LogP contribution in [0.15, 0.2) is 121 Å². The number of esters is 1. The maximum Gasteiger partial charge on any atom is 0.305 e. The topological polar surface area (TPSA) is 130 Å². The van der Waals surface area contributed by atoms with E-state index in [2.05, 4.69) is 122 Å². The zero-order chi connectivity index (χ0) is 50.4. The van der Waals surface area contributed by atoms with Crippen LogP contribution in [0, 0.1) is 47.4 Å². The second-order valence-electron chi connectivity index (χ2n) is 17.7. The first kappa shape index (κ1) is 54.1. The molecule has 0 unspecified atom stereocenters. The van der Waals surface area contributed by atoms with Crippen LogP contribution in [0.25, 0.3) is 45.0 Å². The average Bonchev–Trinajstić information content (AvgIpc) is 4.15. The van der Waals surface area contributed by atoms with Crippen molar-refractivity contribution in [2.24, 2.45) is 0 Å². The maximum absolute atomic E-state index is 12.8. The molecule has 0 bridgehead atoms. The van der Waals surface area contributed by atoms with Crippen molar-refractivity contribution in [3.8, 4) is 45.0 Å². The van der Waals surface area contributed by atoms with E-state index >= 15 is 0 Å². The summed E-state index contributed by atoms with van der Waals surface area (Å²) in [5, 5.41) is 16.6. The molecule has 0 amide bonds. The Morgan fingerprint density at radius 3 is 1.06 bits per heavy atom. The number of rotatable bonds is 17. The standard InChI is InChI=1S/C15H17NO3.2C15H19NO.C14H16FNO/c1-11-13(9-6-10-14(17)18-2)19-16-15(11)12-7-4-3-5-8-12;2*1-4-5-6-14-12(3)15(16-17-14)13-9-7-11(2)8-10-13;1-3-4-5-13-10(2)14(16-17-13)11-6-8-12(15)9-7-11/h3-5,7-8H,6,9-10H2,1-2H3;2*7-10H,4-6H2,1-3H3;6-9H,3-5H2,1-2H3. The van der Waals surface area contributed by atoms with E-state index in [1.54, 1.807) is 12.1 Å². The summed E-state index contributed by atoms with van der Waals surface area (Å²) in [5.41, 5.74) is 14.9. The van der Waals surface area contributed by atoms with Gasteiger partial charge in [0.2, 0.25) is 0 Å². The summed E-state index contributed by atoms with van der Waals surface area (Å²) < 4.78 is 39.0. The number of nitrogens with zero attached hydrogens (tertiary/aromatic N) is 4. The highest BCUT2D eigenvalue weighted by Crippen LogP contribution is 2.29. The average molecular weight is 951 g/mol.